The number of pyridine rings is 1. The van der Waals surface area contributed by atoms with Gasteiger partial charge in [0.2, 0.25) is 0 Å². The van der Waals surface area contributed by atoms with Crippen LogP contribution < -0.4 is 10.6 Å². The second kappa shape index (κ2) is 9.81. The summed E-state index contributed by atoms with van der Waals surface area (Å²) in [5, 5.41) is 12.1. The Balaban J connectivity index is 1.37. The number of carbonyl (C=O) groups excluding carboxylic acids is 1. The molecule has 176 valence electrons. The van der Waals surface area contributed by atoms with E-state index in [-0.39, 0.29) is 29.2 Å². The Labute approximate surface area is 191 Å². The van der Waals surface area contributed by atoms with Gasteiger partial charge in [-0.1, -0.05) is 10.0 Å². The van der Waals surface area contributed by atoms with Gasteiger partial charge in [0.15, 0.2) is 11.6 Å². The van der Waals surface area contributed by atoms with Crippen LogP contribution in [0.25, 0.3) is 5.65 Å². The van der Waals surface area contributed by atoms with Gasteiger partial charge in [-0.3, -0.25) is 9.50 Å². The number of imidazole rings is 1. The molecule has 1 aliphatic carbocycles. The van der Waals surface area contributed by atoms with Crippen LogP contribution in [-0.2, 0) is 12.4 Å². The number of rotatable bonds is 8. The molecule has 0 radical (unpaired) electrons. The van der Waals surface area contributed by atoms with Gasteiger partial charge in [-0.15, -0.1) is 0 Å². The summed E-state index contributed by atoms with van der Waals surface area (Å²) in [6.07, 6.45) is 0.0438. The third-order valence-corrected chi connectivity index (χ3v) is 6.08. The highest BCUT2D eigenvalue weighted by Gasteiger charge is 2.36. The van der Waals surface area contributed by atoms with Crippen LogP contribution >= 0.6 is 0 Å². The van der Waals surface area contributed by atoms with Crippen molar-refractivity contribution in [2.24, 2.45) is 0 Å². The van der Waals surface area contributed by atoms with Crippen LogP contribution in [0.3, 0.4) is 0 Å². The second-order valence-electron chi connectivity index (χ2n) is 7.82. The van der Waals surface area contributed by atoms with Crippen LogP contribution in [0.2, 0.25) is 0 Å². The number of nitrogens with zero attached hydrogens (tertiary/aromatic N) is 4. The first-order chi connectivity index (χ1) is 15.8. The summed E-state index contributed by atoms with van der Waals surface area (Å²) in [7, 11) is 0. The van der Waals surface area contributed by atoms with Gasteiger partial charge in [0.25, 0.3) is 25.3 Å². The molecule has 1 aliphatic rings. The molecule has 1 amide bonds. The molecule has 0 unspecified atom stereocenters. The van der Waals surface area contributed by atoms with Crippen LogP contribution in [0.5, 0.6) is 0 Å². The smallest absolute Gasteiger partial charge is 0.368 e. The summed E-state index contributed by atoms with van der Waals surface area (Å²) in [4.78, 5) is 16.7. The molecular weight excluding hydrogens is 462 g/mol. The summed E-state index contributed by atoms with van der Waals surface area (Å²) in [5.74, 6) is 0.298. The number of amides is 1. The first-order valence-electron chi connectivity index (χ1n) is 10.4. The van der Waals surface area contributed by atoms with Gasteiger partial charge in [0.05, 0.1) is 12.7 Å². The molecule has 13 heteroatoms. The number of aromatic nitrogens is 4. The van der Waals surface area contributed by atoms with Crippen molar-refractivity contribution in [1.82, 2.24) is 19.6 Å². The number of hydrogen-bond donors (Lipinski definition) is 3. The predicted octanol–water partition coefficient (Wildman–Crippen LogP) is 3.98. The molecule has 3 aromatic rings. The van der Waals surface area contributed by atoms with Gasteiger partial charge in [-0.2, -0.15) is 5.10 Å². The van der Waals surface area contributed by atoms with E-state index in [2.05, 4.69) is 25.8 Å². The lowest BCUT2D eigenvalue weighted by Crippen LogP contribution is -2.37. The third-order valence-electron chi connectivity index (χ3n) is 5.62. The van der Waals surface area contributed by atoms with E-state index in [0.717, 1.165) is 0 Å². The Morgan fingerprint density at radius 1 is 1.24 bits per heavy atom. The lowest BCUT2D eigenvalue weighted by molar-refractivity contribution is -0.448. The van der Waals surface area contributed by atoms with E-state index in [0.29, 0.717) is 37.1 Å². The van der Waals surface area contributed by atoms with Crippen LogP contribution in [0.1, 0.15) is 48.2 Å². The largest absolute Gasteiger partial charge is 0.438 e. The fourth-order valence-electron chi connectivity index (χ4n) is 3.96. The molecule has 33 heavy (non-hydrogen) atoms. The van der Waals surface area contributed by atoms with Crippen LogP contribution in [0, 0.1) is 0 Å². The van der Waals surface area contributed by atoms with Crippen molar-refractivity contribution in [2.75, 3.05) is 17.2 Å². The zero-order chi connectivity index (χ0) is 23.5. The number of alkyl halides is 4. The first kappa shape index (κ1) is 23.1. The molecule has 0 bridgehead atoms. The quantitative estimate of drug-likeness (QED) is 0.331. The molecule has 1 saturated carbocycles. The van der Waals surface area contributed by atoms with E-state index in [1.807, 2.05) is 0 Å². The first-order valence-corrected chi connectivity index (χ1v) is 10.8. The van der Waals surface area contributed by atoms with Crippen molar-refractivity contribution in [2.45, 2.75) is 50.6 Å². The second-order valence-corrected chi connectivity index (χ2v) is 8.21. The number of hydrogen-bond acceptors (Lipinski definition) is 6. The molecule has 4 rings (SSSR count). The fourth-order valence-corrected chi connectivity index (χ4v) is 4.27. The highest BCUT2D eigenvalue weighted by Crippen LogP contribution is 2.27. The average molecular weight is 485 g/mol. The Morgan fingerprint density at radius 2 is 2.00 bits per heavy atom. The standard InChI is InChI=1S/C20H21F4N7OS/c21-15(22)9-25-19-13(8-26-29-19)20(32)31(33)12-6-4-11(5-7-12)27-16-2-1-3-17-28-14(18(23)24)10-30(16)17/h1-3,8,10-12,15,18H,4-7,9H2,(H2-,25,26,27,28,29,32,33)/p+1. The molecule has 0 atom stereocenters. The van der Waals surface area contributed by atoms with Gasteiger partial charge in [-0.25, -0.2) is 27.3 Å². The highest BCUT2D eigenvalue weighted by molar-refractivity contribution is 7.44. The summed E-state index contributed by atoms with van der Waals surface area (Å²) in [6.45, 7) is -0.612. The summed E-state index contributed by atoms with van der Waals surface area (Å²) >= 11 is 5.34. The van der Waals surface area contributed by atoms with Gasteiger partial charge in [0, 0.05) is 25.1 Å². The highest BCUT2D eigenvalue weighted by atomic mass is 32.1. The SMILES string of the molecule is O=C(c1cn[nH]c1NCC(F)F)[N+](=S)C1CCC(Nc2cccc3nc(C(F)F)cn23)CC1. The van der Waals surface area contributed by atoms with Crippen LogP contribution in [-0.4, -0.2) is 54.5 Å². The number of anilines is 2. The maximum absolute atomic E-state index is 13.0. The molecule has 0 spiro atoms. The minimum atomic E-state index is -2.65. The third kappa shape index (κ3) is 5.13. The molecule has 1 fully saturated rings. The molecule has 3 aromatic heterocycles. The predicted molar refractivity (Wildman–Crippen MR) is 115 cm³/mol. The number of halogens is 4. The Morgan fingerprint density at radius 3 is 2.70 bits per heavy atom. The van der Waals surface area contributed by atoms with Crippen molar-refractivity contribution in [3.63, 3.8) is 0 Å². The van der Waals surface area contributed by atoms with Gasteiger partial charge >= 0.3 is 5.91 Å². The number of fused-ring (bicyclic) bond motifs is 1. The van der Waals surface area contributed by atoms with E-state index in [9.17, 15) is 22.4 Å². The van der Waals surface area contributed by atoms with Gasteiger partial charge in [-0.05, 0) is 25.0 Å². The van der Waals surface area contributed by atoms with E-state index in [1.54, 1.807) is 22.6 Å². The van der Waals surface area contributed by atoms with Crippen molar-refractivity contribution in [3.05, 3.63) is 41.9 Å². The summed E-state index contributed by atoms with van der Waals surface area (Å²) in [5.41, 5.74) is 0.269. The van der Waals surface area contributed by atoms with Crippen molar-refractivity contribution < 1.29 is 26.3 Å². The topological polar surface area (TPSA) is 90.1 Å². The Bertz CT molecular complexity index is 1140. The number of aromatic amines is 1. The maximum Gasteiger partial charge on any atom is 0.438 e. The van der Waals surface area contributed by atoms with Crippen LogP contribution in [0.15, 0.2) is 30.6 Å². The zero-order valence-electron chi connectivity index (χ0n) is 17.3. The number of H-pyrrole nitrogens is 1. The fraction of sp³-hybridized carbons (Fsp3) is 0.450. The molecule has 0 aromatic carbocycles. The molecule has 8 nitrogen and oxygen atoms in total. The number of carbonyl (C=O) groups is 1. The molecular formula is C20H22F4N7OS+. The van der Waals surface area contributed by atoms with E-state index in [1.165, 1.54) is 16.3 Å². The van der Waals surface area contributed by atoms with Gasteiger partial charge < -0.3 is 10.6 Å². The zero-order valence-corrected chi connectivity index (χ0v) is 18.2. The monoisotopic (exact) mass is 484 g/mol. The van der Waals surface area contributed by atoms with Crippen molar-refractivity contribution >= 4 is 35.6 Å². The Kier molecular flexibility index (Phi) is 6.86. The minimum Gasteiger partial charge on any atom is -0.368 e. The van der Waals surface area contributed by atoms with Crippen molar-refractivity contribution in [3.8, 4) is 0 Å². The summed E-state index contributed by atoms with van der Waals surface area (Å²) < 4.78 is 53.8. The van der Waals surface area contributed by atoms with Crippen LogP contribution in [0.4, 0.5) is 29.2 Å². The van der Waals surface area contributed by atoms with E-state index >= 15 is 0 Å². The molecule has 0 aliphatic heterocycles. The van der Waals surface area contributed by atoms with E-state index < -0.39 is 25.3 Å². The Hall–Kier alpha value is -3.09. The normalized spacial score (nSPS) is 18.7. The van der Waals surface area contributed by atoms with E-state index in [4.69, 9.17) is 12.4 Å². The minimum absolute atomic E-state index is 0.0694. The molecule has 0 saturated heterocycles. The van der Waals surface area contributed by atoms with Crippen molar-refractivity contribution in [1.29, 1.82) is 0 Å². The lowest BCUT2D eigenvalue weighted by Gasteiger charge is -2.26. The molecule has 3 N–H and O–H groups in total. The average Bonchev–Trinajstić information content (AvgIpc) is 3.45. The maximum atomic E-state index is 13.0. The molecule has 3 heterocycles. The number of nitrogens with one attached hydrogen (secondary N) is 3. The van der Waals surface area contributed by atoms with Gasteiger partial charge in [0.1, 0.15) is 23.0 Å². The summed E-state index contributed by atoms with van der Waals surface area (Å²) in [6, 6.07) is 5.08. The lowest BCUT2D eigenvalue weighted by atomic mass is 9.91.